The maximum absolute atomic E-state index is 12.4. The minimum atomic E-state index is -0.0900. The van der Waals surface area contributed by atoms with Crippen molar-refractivity contribution >= 4 is 32.6 Å². The van der Waals surface area contributed by atoms with Crippen LogP contribution in [0.3, 0.4) is 0 Å². The minimum absolute atomic E-state index is 0.0900. The molecule has 0 aliphatic carbocycles. The Morgan fingerprint density at radius 2 is 1.86 bits per heavy atom. The lowest BCUT2D eigenvalue weighted by Crippen LogP contribution is -2.05. The molecule has 0 saturated heterocycles. The highest BCUT2D eigenvalue weighted by Gasteiger charge is 2.16. The molecule has 2 aromatic heterocycles. The highest BCUT2D eigenvalue weighted by Crippen LogP contribution is 2.36. The van der Waals surface area contributed by atoms with Crippen LogP contribution in [0.1, 0.15) is 0 Å². The number of methoxy groups -OCH3 is 1. The molecule has 0 unspecified atom stereocenters. The largest absolute Gasteiger partial charge is 0.496 e. The molecule has 0 fully saturated rings. The quantitative estimate of drug-likeness (QED) is 0.581. The van der Waals surface area contributed by atoms with Crippen LogP contribution in [0.5, 0.6) is 5.75 Å². The van der Waals surface area contributed by atoms with Gasteiger partial charge in [-0.2, -0.15) is 0 Å². The van der Waals surface area contributed by atoms with E-state index in [-0.39, 0.29) is 5.56 Å². The van der Waals surface area contributed by atoms with Gasteiger partial charge in [-0.15, -0.1) is 0 Å². The Bertz CT molecular complexity index is 1060. The summed E-state index contributed by atoms with van der Waals surface area (Å²) in [4.78, 5) is 15.2. The molecule has 0 aliphatic heterocycles. The van der Waals surface area contributed by atoms with E-state index in [1.807, 2.05) is 31.3 Å². The molecule has 0 spiro atoms. The van der Waals surface area contributed by atoms with Crippen molar-refractivity contribution in [2.75, 3.05) is 7.11 Å². The summed E-state index contributed by atoms with van der Waals surface area (Å²) < 4.78 is 7.57. The van der Waals surface area contributed by atoms with Gasteiger partial charge >= 0.3 is 0 Å². The van der Waals surface area contributed by atoms with Gasteiger partial charge in [-0.05, 0) is 12.1 Å². The van der Waals surface area contributed by atoms with E-state index in [1.165, 1.54) is 0 Å². The molecule has 0 aliphatic rings. The van der Waals surface area contributed by atoms with E-state index in [1.54, 1.807) is 13.3 Å². The average Bonchev–Trinajstić information content (AvgIpc) is 2.80. The number of hydrogen-bond donors (Lipinski definition) is 1. The first-order chi connectivity index (χ1) is 10.2. The predicted molar refractivity (Wildman–Crippen MR) is 85.1 cm³/mol. The Labute approximate surface area is 120 Å². The fourth-order valence-corrected chi connectivity index (χ4v) is 3.15. The van der Waals surface area contributed by atoms with Crippen molar-refractivity contribution in [2.45, 2.75) is 0 Å². The van der Waals surface area contributed by atoms with Crippen molar-refractivity contribution in [1.29, 1.82) is 0 Å². The summed E-state index contributed by atoms with van der Waals surface area (Å²) in [5, 5.41) is 3.58. The molecule has 0 atom stereocenters. The summed E-state index contributed by atoms with van der Waals surface area (Å²) >= 11 is 0. The molecule has 4 aromatic rings. The molecule has 2 aromatic carbocycles. The molecule has 4 rings (SSSR count). The molecule has 0 radical (unpaired) electrons. The van der Waals surface area contributed by atoms with Crippen LogP contribution in [-0.4, -0.2) is 16.7 Å². The summed E-state index contributed by atoms with van der Waals surface area (Å²) in [6.07, 6.45) is 1.66. The van der Waals surface area contributed by atoms with Crippen LogP contribution < -0.4 is 10.3 Å². The lowest BCUT2D eigenvalue weighted by Gasteiger charge is -2.07. The van der Waals surface area contributed by atoms with Gasteiger partial charge in [0.25, 0.3) is 5.56 Å². The Kier molecular flexibility index (Phi) is 2.36. The summed E-state index contributed by atoms with van der Waals surface area (Å²) in [6, 6.07) is 12.0. The number of benzene rings is 2. The van der Waals surface area contributed by atoms with E-state index >= 15 is 0 Å². The first kappa shape index (κ1) is 12.0. The second kappa shape index (κ2) is 4.12. The Balaban J connectivity index is 2.44. The van der Waals surface area contributed by atoms with Gasteiger partial charge in [0.15, 0.2) is 0 Å². The van der Waals surface area contributed by atoms with Crippen LogP contribution in [-0.2, 0) is 7.05 Å². The van der Waals surface area contributed by atoms with Crippen LogP contribution >= 0.6 is 0 Å². The van der Waals surface area contributed by atoms with Crippen molar-refractivity contribution in [3.8, 4) is 5.75 Å². The summed E-state index contributed by atoms with van der Waals surface area (Å²) in [6.45, 7) is 0. The van der Waals surface area contributed by atoms with Gasteiger partial charge in [0, 0.05) is 41.0 Å². The smallest absolute Gasteiger partial charge is 0.256 e. The number of H-pyrrole nitrogens is 1. The standard InChI is InChI=1S/C17H14N2O2/c1-19-12-6-4-3-5-10(12)15-13(19)9-14(21-2)11-7-8-18-17(20)16(11)15/h3-9H,1-2H3,(H,18,20). The molecule has 4 nitrogen and oxygen atoms in total. The van der Waals surface area contributed by atoms with Crippen molar-refractivity contribution < 1.29 is 4.74 Å². The number of nitrogens with zero attached hydrogens (tertiary/aromatic N) is 1. The van der Waals surface area contributed by atoms with Crippen LogP contribution in [0.25, 0.3) is 32.6 Å². The number of aromatic amines is 1. The number of pyridine rings is 1. The Hall–Kier alpha value is -2.75. The number of para-hydroxylation sites is 1. The lowest BCUT2D eigenvalue weighted by molar-refractivity contribution is 0.420. The van der Waals surface area contributed by atoms with E-state index in [0.29, 0.717) is 5.39 Å². The molecule has 0 bridgehead atoms. The van der Waals surface area contributed by atoms with E-state index in [0.717, 1.165) is 32.9 Å². The van der Waals surface area contributed by atoms with Crippen molar-refractivity contribution in [3.63, 3.8) is 0 Å². The van der Waals surface area contributed by atoms with Crippen LogP contribution in [0.2, 0.25) is 0 Å². The summed E-state index contributed by atoms with van der Waals surface area (Å²) in [7, 11) is 3.64. The number of nitrogens with one attached hydrogen (secondary N) is 1. The molecule has 4 heteroatoms. The lowest BCUT2D eigenvalue weighted by atomic mass is 10.0. The van der Waals surface area contributed by atoms with Gasteiger partial charge in [0.1, 0.15) is 5.75 Å². The number of aromatic nitrogens is 2. The third kappa shape index (κ3) is 1.47. The average molecular weight is 278 g/mol. The van der Waals surface area contributed by atoms with Crippen LogP contribution in [0.15, 0.2) is 47.4 Å². The molecular formula is C17H14N2O2. The molecule has 1 N–H and O–H groups in total. The van der Waals surface area contributed by atoms with Gasteiger partial charge < -0.3 is 14.3 Å². The fraction of sp³-hybridized carbons (Fsp3) is 0.118. The SMILES string of the molecule is COc1cc2c(c3ccccc3n2C)c2c(=O)[nH]ccc12. The van der Waals surface area contributed by atoms with E-state index < -0.39 is 0 Å². The Morgan fingerprint density at radius 1 is 1.05 bits per heavy atom. The van der Waals surface area contributed by atoms with E-state index in [9.17, 15) is 4.79 Å². The van der Waals surface area contributed by atoms with Gasteiger partial charge in [-0.3, -0.25) is 4.79 Å². The second-order valence-electron chi connectivity index (χ2n) is 5.14. The fourth-order valence-electron chi connectivity index (χ4n) is 3.15. The van der Waals surface area contributed by atoms with E-state index in [4.69, 9.17) is 4.74 Å². The van der Waals surface area contributed by atoms with Gasteiger partial charge in [0.05, 0.1) is 18.0 Å². The maximum Gasteiger partial charge on any atom is 0.256 e. The van der Waals surface area contributed by atoms with Crippen molar-refractivity contribution in [1.82, 2.24) is 9.55 Å². The monoisotopic (exact) mass is 278 g/mol. The molecule has 0 saturated carbocycles. The van der Waals surface area contributed by atoms with Crippen molar-refractivity contribution in [2.24, 2.45) is 7.05 Å². The zero-order chi connectivity index (χ0) is 14.6. The number of aryl methyl sites for hydroxylation is 1. The first-order valence-electron chi connectivity index (χ1n) is 6.78. The Morgan fingerprint density at radius 3 is 2.67 bits per heavy atom. The van der Waals surface area contributed by atoms with Crippen molar-refractivity contribution in [3.05, 3.63) is 52.9 Å². The van der Waals surface area contributed by atoms with Crippen LogP contribution in [0, 0.1) is 0 Å². The zero-order valence-corrected chi connectivity index (χ0v) is 11.8. The minimum Gasteiger partial charge on any atom is -0.496 e. The third-order valence-corrected chi connectivity index (χ3v) is 4.12. The van der Waals surface area contributed by atoms with Crippen LogP contribution in [0.4, 0.5) is 0 Å². The van der Waals surface area contributed by atoms with Gasteiger partial charge in [-0.25, -0.2) is 0 Å². The van der Waals surface area contributed by atoms with E-state index in [2.05, 4.69) is 21.7 Å². The topological polar surface area (TPSA) is 47.0 Å². The number of ether oxygens (including phenoxy) is 1. The molecule has 21 heavy (non-hydrogen) atoms. The third-order valence-electron chi connectivity index (χ3n) is 4.12. The molecule has 0 amide bonds. The molecule has 2 heterocycles. The first-order valence-corrected chi connectivity index (χ1v) is 6.78. The summed E-state index contributed by atoms with van der Waals surface area (Å²) in [5.41, 5.74) is 2.01. The molecule has 104 valence electrons. The van der Waals surface area contributed by atoms with Gasteiger partial charge in [0.2, 0.25) is 0 Å². The predicted octanol–water partition coefficient (Wildman–Crippen LogP) is 3.18. The second-order valence-corrected chi connectivity index (χ2v) is 5.14. The number of fused-ring (bicyclic) bond motifs is 5. The highest BCUT2D eigenvalue weighted by molar-refractivity contribution is 6.21. The highest BCUT2D eigenvalue weighted by atomic mass is 16.5. The van der Waals surface area contributed by atoms with Gasteiger partial charge in [-0.1, -0.05) is 18.2 Å². The maximum atomic E-state index is 12.4. The summed E-state index contributed by atoms with van der Waals surface area (Å²) in [5.74, 6) is 0.717. The molecular weight excluding hydrogens is 264 g/mol. The zero-order valence-electron chi connectivity index (χ0n) is 11.8. The number of hydrogen-bond acceptors (Lipinski definition) is 2. The normalized spacial score (nSPS) is 11.5. The number of rotatable bonds is 1.